The zero-order valence-electron chi connectivity index (χ0n) is 14.0. The number of rotatable bonds is 7. The Labute approximate surface area is 137 Å². The van der Waals surface area contributed by atoms with Crippen molar-refractivity contribution in [2.24, 2.45) is 0 Å². The number of carboxylic acids is 1. The minimum atomic E-state index is -0.892. The number of hydrogen-bond acceptors (Lipinski definition) is 3. The van der Waals surface area contributed by atoms with E-state index in [1.54, 1.807) is 9.80 Å². The third-order valence-electron chi connectivity index (χ3n) is 4.46. The predicted molar refractivity (Wildman–Crippen MR) is 89.3 cm³/mol. The average Bonchev–Trinajstić information content (AvgIpc) is 2.53. The standard InChI is InChI=1S/C18H26N2O3/c1-3-11-20(13-18(22)23)12-17(21)19(2)16-10-6-8-14-7-4-5-9-15(14)16/h4-5,7,9,16H,3,6,8,10-13H2,1-2H3,(H,22,23). The van der Waals surface area contributed by atoms with Crippen LogP contribution in [0.1, 0.15) is 43.4 Å². The molecule has 1 N–H and O–H groups in total. The van der Waals surface area contributed by atoms with E-state index in [0.717, 1.165) is 25.7 Å². The number of amides is 1. The van der Waals surface area contributed by atoms with E-state index in [4.69, 9.17) is 5.11 Å². The van der Waals surface area contributed by atoms with Crippen LogP contribution >= 0.6 is 0 Å². The van der Waals surface area contributed by atoms with E-state index >= 15 is 0 Å². The first-order valence-electron chi connectivity index (χ1n) is 8.30. The molecule has 0 aromatic heterocycles. The Balaban J connectivity index is 2.06. The average molecular weight is 318 g/mol. The molecule has 0 bridgehead atoms. The van der Waals surface area contributed by atoms with Crippen LogP contribution in [0.15, 0.2) is 24.3 Å². The fraction of sp³-hybridized carbons (Fsp3) is 0.556. The first-order chi connectivity index (χ1) is 11.0. The molecular weight excluding hydrogens is 292 g/mol. The maximum atomic E-state index is 12.6. The van der Waals surface area contributed by atoms with Gasteiger partial charge in [0.15, 0.2) is 0 Å². The van der Waals surface area contributed by atoms with Crippen LogP contribution in [-0.2, 0) is 16.0 Å². The summed E-state index contributed by atoms with van der Waals surface area (Å²) in [5.74, 6) is -0.904. The van der Waals surface area contributed by atoms with Crippen molar-refractivity contribution in [1.29, 1.82) is 0 Å². The van der Waals surface area contributed by atoms with Crippen molar-refractivity contribution in [1.82, 2.24) is 9.80 Å². The SMILES string of the molecule is CCCN(CC(=O)O)CC(=O)N(C)C1CCCc2ccccc21. The summed E-state index contributed by atoms with van der Waals surface area (Å²) in [6.45, 7) is 2.68. The topological polar surface area (TPSA) is 60.9 Å². The van der Waals surface area contributed by atoms with E-state index in [1.165, 1.54) is 11.1 Å². The minimum absolute atomic E-state index is 0.0126. The molecule has 0 aliphatic heterocycles. The number of aliphatic carboxylic acids is 1. The largest absolute Gasteiger partial charge is 0.480 e. The van der Waals surface area contributed by atoms with Crippen molar-refractivity contribution < 1.29 is 14.7 Å². The highest BCUT2D eigenvalue weighted by Gasteiger charge is 2.27. The number of nitrogens with zero attached hydrogens (tertiary/aromatic N) is 2. The Morgan fingerprint density at radius 2 is 2.00 bits per heavy atom. The number of hydrogen-bond donors (Lipinski definition) is 1. The molecule has 23 heavy (non-hydrogen) atoms. The number of likely N-dealkylation sites (N-methyl/N-ethyl adjacent to an activating group) is 1. The van der Waals surface area contributed by atoms with Gasteiger partial charge in [0.25, 0.3) is 0 Å². The maximum Gasteiger partial charge on any atom is 0.317 e. The van der Waals surface area contributed by atoms with E-state index < -0.39 is 5.97 Å². The van der Waals surface area contributed by atoms with Crippen LogP contribution < -0.4 is 0 Å². The molecule has 1 aliphatic rings. The predicted octanol–water partition coefficient (Wildman–Crippen LogP) is 2.32. The second-order valence-corrected chi connectivity index (χ2v) is 6.22. The summed E-state index contributed by atoms with van der Waals surface area (Å²) in [6, 6.07) is 8.39. The number of fused-ring (bicyclic) bond motifs is 1. The van der Waals surface area contributed by atoms with Crippen LogP contribution in [0.2, 0.25) is 0 Å². The van der Waals surface area contributed by atoms with E-state index in [2.05, 4.69) is 12.1 Å². The van der Waals surface area contributed by atoms with Gasteiger partial charge in [-0.25, -0.2) is 0 Å². The van der Waals surface area contributed by atoms with Crippen molar-refractivity contribution in [3.63, 3.8) is 0 Å². The molecule has 5 nitrogen and oxygen atoms in total. The monoisotopic (exact) mass is 318 g/mol. The van der Waals surface area contributed by atoms with Gasteiger partial charge in [-0.05, 0) is 43.4 Å². The summed E-state index contributed by atoms with van der Waals surface area (Å²) in [5, 5.41) is 8.97. The van der Waals surface area contributed by atoms with Gasteiger partial charge >= 0.3 is 5.97 Å². The Bertz CT molecular complexity index is 559. The lowest BCUT2D eigenvalue weighted by molar-refractivity contribution is -0.140. The number of carbonyl (C=O) groups is 2. The van der Waals surface area contributed by atoms with Crippen molar-refractivity contribution >= 4 is 11.9 Å². The fourth-order valence-electron chi connectivity index (χ4n) is 3.33. The Morgan fingerprint density at radius 3 is 2.70 bits per heavy atom. The second-order valence-electron chi connectivity index (χ2n) is 6.22. The zero-order chi connectivity index (χ0) is 16.8. The quantitative estimate of drug-likeness (QED) is 0.838. The Hall–Kier alpha value is -1.88. The van der Waals surface area contributed by atoms with Gasteiger partial charge in [-0.3, -0.25) is 14.5 Å². The highest BCUT2D eigenvalue weighted by molar-refractivity contribution is 5.79. The molecule has 0 spiro atoms. The van der Waals surface area contributed by atoms with Gasteiger partial charge in [0, 0.05) is 7.05 Å². The molecule has 0 saturated heterocycles. The highest BCUT2D eigenvalue weighted by atomic mass is 16.4. The molecule has 1 unspecified atom stereocenters. The summed E-state index contributed by atoms with van der Waals surface area (Å²) in [4.78, 5) is 27.0. The smallest absolute Gasteiger partial charge is 0.317 e. The van der Waals surface area contributed by atoms with E-state index in [-0.39, 0.29) is 25.0 Å². The summed E-state index contributed by atoms with van der Waals surface area (Å²) in [6.07, 6.45) is 3.94. The molecule has 1 amide bonds. The van der Waals surface area contributed by atoms with Crippen molar-refractivity contribution in [3.05, 3.63) is 35.4 Å². The summed E-state index contributed by atoms with van der Waals surface area (Å²) >= 11 is 0. The molecule has 0 saturated carbocycles. The first kappa shape index (κ1) is 17.5. The van der Waals surface area contributed by atoms with Crippen LogP contribution in [0, 0.1) is 0 Å². The van der Waals surface area contributed by atoms with Crippen LogP contribution in [0.5, 0.6) is 0 Å². The molecule has 1 aromatic carbocycles. The third kappa shape index (κ3) is 4.55. The number of carboxylic acid groups (broad SMARTS) is 1. The normalized spacial score (nSPS) is 16.9. The Morgan fingerprint density at radius 1 is 1.26 bits per heavy atom. The summed E-state index contributed by atoms with van der Waals surface area (Å²) in [7, 11) is 1.83. The van der Waals surface area contributed by atoms with Gasteiger partial charge in [-0.15, -0.1) is 0 Å². The van der Waals surface area contributed by atoms with Gasteiger partial charge in [0.05, 0.1) is 19.1 Å². The molecule has 0 radical (unpaired) electrons. The molecular formula is C18H26N2O3. The van der Waals surface area contributed by atoms with Gasteiger partial charge in [0.2, 0.25) is 5.91 Å². The van der Waals surface area contributed by atoms with Crippen molar-refractivity contribution in [2.75, 3.05) is 26.7 Å². The van der Waals surface area contributed by atoms with Crippen molar-refractivity contribution in [2.45, 2.75) is 38.6 Å². The molecule has 0 heterocycles. The lowest BCUT2D eigenvalue weighted by atomic mass is 9.87. The maximum absolute atomic E-state index is 12.6. The Kier molecular flexibility index (Phi) is 6.16. The molecule has 0 fully saturated rings. The van der Waals surface area contributed by atoms with E-state index in [1.807, 2.05) is 26.1 Å². The van der Waals surface area contributed by atoms with Crippen molar-refractivity contribution in [3.8, 4) is 0 Å². The number of benzene rings is 1. The minimum Gasteiger partial charge on any atom is -0.480 e. The lowest BCUT2D eigenvalue weighted by Crippen LogP contribution is -2.42. The number of aryl methyl sites for hydroxylation is 1. The van der Waals surface area contributed by atoms with Crippen LogP contribution in [0.3, 0.4) is 0 Å². The van der Waals surface area contributed by atoms with Crippen LogP contribution in [-0.4, -0.2) is 53.5 Å². The van der Waals surface area contributed by atoms with E-state index in [0.29, 0.717) is 6.54 Å². The zero-order valence-corrected chi connectivity index (χ0v) is 14.0. The van der Waals surface area contributed by atoms with Crippen LogP contribution in [0.25, 0.3) is 0 Å². The molecule has 5 heteroatoms. The summed E-state index contributed by atoms with van der Waals surface area (Å²) < 4.78 is 0. The molecule has 1 atom stereocenters. The highest BCUT2D eigenvalue weighted by Crippen LogP contribution is 2.33. The van der Waals surface area contributed by atoms with Gasteiger partial charge in [-0.1, -0.05) is 31.2 Å². The van der Waals surface area contributed by atoms with Gasteiger partial charge in [0.1, 0.15) is 0 Å². The van der Waals surface area contributed by atoms with E-state index in [9.17, 15) is 9.59 Å². The molecule has 2 rings (SSSR count). The third-order valence-corrected chi connectivity index (χ3v) is 4.46. The van der Waals surface area contributed by atoms with Gasteiger partial charge < -0.3 is 10.0 Å². The number of carbonyl (C=O) groups excluding carboxylic acids is 1. The van der Waals surface area contributed by atoms with Gasteiger partial charge in [-0.2, -0.15) is 0 Å². The summed E-state index contributed by atoms with van der Waals surface area (Å²) in [5.41, 5.74) is 2.55. The van der Waals surface area contributed by atoms with Crippen LogP contribution in [0.4, 0.5) is 0 Å². The second kappa shape index (κ2) is 8.11. The lowest BCUT2D eigenvalue weighted by Gasteiger charge is -2.34. The first-order valence-corrected chi connectivity index (χ1v) is 8.30. The fourth-order valence-corrected chi connectivity index (χ4v) is 3.33. The molecule has 1 aromatic rings. The molecule has 126 valence electrons. The molecule has 1 aliphatic carbocycles.